The first kappa shape index (κ1) is 17.2. The molecule has 0 spiro atoms. The number of H-pyrrole nitrogens is 1. The molecule has 27 heavy (non-hydrogen) atoms. The second-order valence-corrected chi connectivity index (χ2v) is 5.91. The molecule has 3 heterocycles. The maximum absolute atomic E-state index is 12.5. The highest BCUT2D eigenvalue weighted by Gasteiger charge is 2.38. The van der Waals surface area contributed by atoms with Crippen LogP contribution in [0.3, 0.4) is 0 Å². The Balaban J connectivity index is 1.49. The lowest BCUT2D eigenvalue weighted by molar-refractivity contribution is -0.159. The molecule has 11 heteroatoms. The van der Waals surface area contributed by atoms with Gasteiger partial charge >= 0.3 is 12.1 Å². The molecule has 0 aliphatic carbocycles. The quantitative estimate of drug-likeness (QED) is 0.646. The molecule has 1 aliphatic heterocycles. The van der Waals surface area contributed by atoms with Crippen LogP contribution < -0.4 is 10.6 Å². The smallest absolute Gasteiger partial charge is 0.329 e. The second-order valence-electron chi connectivity index (χ2n) is 5.91. The first-order chi connectivity index (χ1) is 12.9. The molecule has 0 saturated heterocycles. The zero-order valence-corrected chi connectivity index (χ0v) is 13.7. The van der Waals surface area contributed by atoms with Crippen LogP contribution in [-0.4, -0.2) is 32.8 Å². The van der Waals surface area contributed by atoms with Crippen LogP contribution in [0.15, 0.2) is 28.8 Å². The van der Waals surface area contributed by atoms with Gasteiger partial charge in [-0.15, -0.1) is 0 Å². The van der Waals surface area contributed by atoms with Crippen molar-refractivity contribution in [3.05, 3.63) is 47.1 Å². The molecule has 140 valence electrons. The minimum Gasteiger partial charge on any atom is -0.329 e. The topological polar surface area (TPSA) is 109 Å². The van der Waals surface area contributed by atoms with Crippen molar-refractivity contribution >= 4 is 11.6 Å². The molecule has 8 nitrogen and oxygen atoms in total. The van der Waals surface area contributed by atoms with Crippen molar-refractivity contribution in [1.82, 2.24) is 25.7 Å². The summed E-state index contributed by atoms with van der Waals surface area (Å²) in [6.07, 6.45) is -3.92. The molecule has 0 unspecified atom stereocenters. The average molecular weight is 378 g/mol. The Bertz CT molecular complexity index is 977. The first-order valence-corrected chi connectivity index (χ1v) is 8.01. The molecule has 3 N–H and O–H groups in total. The minimum absolute atomic E-state index is 0.187. The Morgan fingerprint density at radius 3 is 2.70 bits per heavy atom. The normalized spacial score (nSPS) is 14.0. The van der Waals surface area contributed by atoms with Gasteiger partial charge < -0.3 is 15.2 Å². The fourth-order valence-electron chi connectivity index (χ4n) is 2.76. The summed E-state index contributed by atoms with van der Waals surface area (Å²) in [4.78, 5) is 15.7. The molecule has 4 rings (SSSR count). The summed E-state index contributed by atoms with van der Waals surface area (Å²) in [7, 11) is 0. The van der Waals surface area contributed by atoms with Gasteiger partial charge in [0.25, 0.3) is 5.91 Å². The summed E-state index contributed by atoms with van der Waals surface area (Å²) < 4.78 is 41.8. The van der Waals surface area contributed by atoms with E-state index in [2.05, 4.69) is 35.5 Å². The number of halogens is 3. The van der Waals surface area contributed by atoms with Crippen LogP contribution in [-0.2, 0) is 19.1 Å². The lowest BCUT2D eigenvalue weighted by Gasteiger charge is -2.12. The van der Waals surface area contributed by atoms with Gasteiger partial charge in [0.2, 0.25) is 5.82 Å². The highest BCUT2D eigenvalue weighted by atomic mass is 19.4. The average Bonchev–Trinajstić information content (AvgIpc) is 3.29. The van der Waals surface area contributed by atoms with Gasteiger partial charge in [0.05, 0.1) is 0 Å². The van der Waals surface area contributed by atoms with E-state index < -0.39 is 12.1 Å². The molecule has 0 saturated carbocycles. The van der Waals surface area contributed by atoms with Crippen molar-refractivity contribution in [3.8, 4) is 11.4 Å². The molecule has 0 fully saturated rings. The zero-order valence-electron chi connectivity index (χ0n) is 13.7. The van der Waals surface area contributed by atoms with E-state index in [1.807, 2.05) is 0 Å². The highest BCUT2D eigenvalue weighted by molar-refractivity contribution is 6.04. The Labute approximate surface area is 150 Å². The number of hydrogen-bond acceptors (Lipinski definition) is 6. The first-order valence-electron chi connectivity index (χ1n) is 8.01. The van der Waals surface area contributed by atoms with Gasteiger partial charge in [-0.05, 0) is 24.3 Å². The SMILES string of the molecule is O=C(Nc1ccc(-c2noc(C(F)(F)F)n2)cc1)c1n[nH]c2c1CNCC2. The van der Waals surface area contributed by atoms with E-state index in [4.69, 9.17) is 0 Å². The van der Waals surface area contributed by atoms with Crippen LogP contribution in [0, 0.1) is 0 Å². The molecular formula is C16H13F3N6O2. The van der Waals surface area contributed by atoms with Gasteiger partial charge in [-0.1, -0.05) is 5.16 Å². The number of fused-ring (bicyclic) bond motifs is 1. The number of benzene rings is 1. The number of alkyl halides is 3. The maximum atomic E-state index is 12.5. The van der Waals surface area contributed by atoms with Gasteiger partial charge in [-0.3, -0.25) is 9.89 Å². The lowest BCUT2D eigenvalue weighted by Crippen LogP contribution is -2.25. The van der Waals surface area contributed by atoms with E-state index in [1.54, 1.807) is 0 Å². The number of hydrogen-bond donors (Lipinski definition) is 3. The number of amides is 1. The van der Waals surface area contributed by atoms with Crippen LogP contribution in [0.5, 0.6) is 0 Å². The molecule has 1 aliphatic rings. The van der Waals surface area contributed by atoms with E-state index in [-0.39, 0.29) is 11.7 Å². The van der Waals surface area contributed by atoms with Crippen molar-refractivity contribution < 1.29 is 22.5 Å². The Morgan fingerprint density at radius 1 is 1.22 bits per heavy atom. The summed E-state index contributed by atoms with van der Waals surface area (Å²) in [6, 6.07) is 6.05. The van der Waals surface area contributed by atoms with Crippen LogP contribution in [0.4, 0.5) is 18.9 Å². The van der Waals surface area contributed by atoms with Gasteiger partial charge in [-0.2, -0.15) is 23.3 Å². The van der Waals surface area contributed by atoms with Crippen molar-refractivity contribution in [3.63, 3.8) is 0 Å². The van der Waals surface area contributed by atoms with E-state index in [9.17, 15) is 18.0 Å². The minimum atomic E-state index is -4.70. The molecule has 0 bridgehead atoms. The fraction of sp³-hybridized carbons (Fsp3) is 0.250. The monoisotopic (exact) mass is 378 g/mol. The largest absolute Gasteiger partial charge is 0.471 e. The summed E-state index contributed by atoms with van der Waals surface area (Å²) >= 11 is 0. The predicted octanol–water partition coefficient (Wildman–Crippen LogP) is 2.38. The third-order valence-corrected chi connectivity index (χ3v) is 4.09. The fourth-order valence-corrected chi connectivity index (χ4v) is 2.76. The van der Waals surface area contributed by atoms with Gasteiger partial charge in [0, 0.05) is 42.0 Å². The van der Waals surface area contributed by atoms with Crippen molar-refractivity contribution in [2.45, 2.75) is 19.1 Å². The van der Waals surface area contributed by atoms with E-state index in [1.165, 1.54) is 24.3 Å². The number of aromatic nitrogens is 4. The molecule has 0 atom stereocenters. The van der Waals surface area contributed by atoms with Crippen LogP contribution in [0.1, 0.15) is 27.6 Å². The molecular weight excluding hydrogens is 365 g/mol. The number of anilines is 1. The molecule has 1 amide bonds. The third-order valence-electron chi connectivity index (χ3n) is 4.09. The molecule has 1 aromatic carbocycles. The number of carbonyl (C=O) groups excluding carboxylic acids is 1. The Kier molecular flexibility index (Phi) is 4.15. The van der Waals surface area contributed by atoms with Crippen LogP contribution in [0.25, 0.3) is 11.4 Å². The van der Waals surface area contributed by atoms with Crippen LogP contribution >= 0.6 is 0 Å². The van der Waals surface area contributed by atoms with Crippen molar-refractivity contribution in [1.29, 1.82) is 0 Å². The van der Waals surface area contributed by atoms with E-state index in [0.29, 0.717) is 23.5 Å². The number of rotatable bonds is 3. The summed E-state index contributed by atoms with van der Waals surface area (Å²) in [5.41, 5.74) is 2.88. The standard InChI is InChI=1S/C16H13F3N6O2/c17-16(18,19)15-22-13(25-27-15)8-1-3-9(4-2-8)21-14(26)12-10-7-20-6-5-11(10)23-24-12/h1-4,20H,5-7H2,(H,21,26)(H,23,24). The number of nitrogens with zero attached hydrogens (tertiary/aromatic N) is 3. The van der Waals surface area contributed by atoms with E-state index >= 15 is 0 Å². The lowest BCUT2D eigenvalue weighted by atomic mass is 10.1. The molecule has 2 aromatic heterocycles. The summed E-state index contributed by atoms with van der Waals surface area (Å²) in [5.74, 6) is -1.97. The maximum Gasteiger partial charge on any atom is 0.471 e. The second kappa shape index (κ2) is 6.50. The van der Waals surface area contributed by atoms with Gasteiger partial charge in [-0.25, -0.2) is 0 Å². The third kappa shape index (κ3) is 3.40. The van der Waals surface area contributed by atoms with E-state index in [0.717, 1.165) is 24.2 Å². The number of aromatic amines is 1. The number of carbonyl (C=O) groups is 1. The number of nitrogens with one attached hydrogen (secondary N) is 3. The predicted molar refractivity (Wildman–Crippen MR) is 86.7 cm³/mol. The summed E-state index contributed by atoms with van der Waals surface area (Å²) in [6.45, 7) is 1.39. The van der Waals surface area contributed by atoms with Gasteiger partial charge in [0.15, 0.2) is 5.69 Å². The molecule has 3 aromatic rings. The Morgan fingerprint density at radius 2 is 2.00 bits per heavy atom. The summed E-state index contributed by atoms with van der Waals surface area (Å²) in [5, 5.41) is 16.1. The van der Waals surface area contributed by atoms with Crippen molar-refractivity contribution in [2.24, 2.45) is 0 Å². The van der Waals surface area contributed by atoms with Crippen molar-refractivity contribution in [2.75, 3.05) is 11.9 Å². The van der Waals surface area contributed by atoms with Crippen LogP contribution in [0.2, 0.25) is 0 Å². The highest BCUT2D eigenvalue weighted by Crippen LogP contribution is 2.29. The molecule has 0 radical (unpaired) electrons. The zero-order chi connectivity index (χ0) is 19.0. The Hall–Kier alpha value is -3.21. The van der Waals surface area contributed by atoms with Gasteiger partial charge in [0.1, 0.15) is 0 Å².